The molecule has 3 N–H and O–H groups in total. The smallest absolute Gasteiger partial charge is 0.335 e. The summed E-state index contributed by atoms with van der Waals surface area (Å²) >= 11 is 5.41. The molecule has 3 rings (SSSR count). The summed E-state index contributed by atoms with van der Waals surface area (Å²) in [4.78, 5) is 14.4. The molecule has 0 spiro atoms. The van der Waals surface area contributed by atoms with E-state index < -0.39 is 5.97 Å². The molecule has 1 aromatic heterocycles. The SMILES string of the molecule is Cc1cccc(Nn2c(-c3cccc(C(=O)O)c3)c(C)[nH]c2=S)c1. The molecule has 122 valence electrons. The van der Waals surface area contributed by atoms with Gasteiger partial charge in [-0.25, -0.2) is 9.47 Å². The van der Waals surface area contributed by atoms with E-state index in [0.29, 0.717) is 4.77 Å². The fourth-order valence-corrected chi connectivity index (χ4v) is 2.93. The van der Waals surface area contributed by atoms with Crippen LogP contribution in [0.3, 0.4) is 0 Å². The van der Waals surface area contributed by atoms with Gasteiger partial charge in [-0.15, -0.1) is 0 Å². The highest BCUT2D eigenvalue weighted by Gasteiger charge is 2.13. The van der Waals surface area contributed by atoms with Crippen molar-refractivity contribution < 1.29 is 9.90 Å². The van der Waals surface area contributed by atoms with Crippen molar-refractivity contribution in [3.63, 3.8) is 0 Å². The van der Waals surface area contributed by atoms with Gasteiger partial charge in [0.25, 0.3) is 0 Å². The number of aromatic carboxylic acids is 1. The van der Waals surface area contributed by atoms with Crippen molar-refractivity contribution in [2.45, 2.75) is 13.8 Å². The second kappa shape index (κ2) is 6.33. The van der Waals surface area contributed by atoms with Crippen LogP contribution >= 0.6 is 12.2 Å². The molecule has 1 heterocycles. The van der Waals surface area contributed by atoms with E-state index in [1.54, 1.807) is 22.9 Å². The minimum atomic E-state index is -0.957. The number of aromatic amines is 1. The Kier molecular flexibility index (Phi) is 4.22. The molecule has 0 fully saturated rings. The Labute approximate surface area is 144 Å². The summed E-state index contributed by atoms with van der Waals surface area (Å²) < 4.78 is 2.28. The van der Waals surface area contributed by atoms with E-state index in [9.17, 15) is 9.90 Å². The van der Waals surface area contributed by atoms with Gasteiger partial charge in [-0.3, -0.25) is 5.43 Å². The maximum Gasteiger partial charge on any atom is 0.335 e. The highest BCUT2D eigenvalue weighted by molar-refractivity contribution is 7.71. The van der Waals surface area contributed by atoms with Gasteiger partial charge in [-0.05, 0) is 55.9 Å². The number of anilines is 1. The summed E-state index contributed by atoms with van der Waals surface area (Å²) in [6.07, 6.45) is 0. The summed E-state index contributed by atoms with van der Waals surface area (Å²) in [6.45, 7) is 3.93. The van der Waals surface area contributed by atoms with Crippen molar-refractivity contribution in [2.24, 2.45) is 0 Å². The highest BCUT2D eigenvalue weighted by atomic mass is 32.1. The number of nitrogens with one attached hydrogen (secondary N) is 2. The van der Waals surface area contributed by atoms with Crippen molar-refractivity contribution >= 4 is 23.9 Å². The van der Waals surface area contributed by atoms with E-state index in [2.05, 4.69) is 10.4 Å². The first-order valence-electron chi connectivity index (χ1n) is 7.45. The fraction of sp³-hybridized carbons (Fsp3) is 0.111. The predicted molar refractivity (Wildman–Crippen MR) is 96.9 cm³/mol. The first-order valence-corrected chi connectivity index (χ1v) is 7.85. The number of aryl methyl sites for hydroxylation is 2. The second-order valence-electron chi connectivity index (χ2n) is 5.61. The molecule has 0 unspecified atom stereocenters. The summed E-state index contributed by atoms with van der Waals surface area (Å²) in [7, 11) is 0. The van der Waals surface area contributed by atoms with Crippen LogP contribution in [-0.2, 0) is 0 Å². The first-order chi connectivity index (χ1) is 11.5. The largest absolute Gasteiger partial charge is 0.478 e. The van der Waals surface area contributed by atoms with E-state index in [0.717, 1.165) is 28.2 Å². The van der Waals surface area contributed by atoms with Gasteiger partial charge in [0.15, 0.2) is 4.77 Å². The number of H-pyrrole nitrogens is 1. The van der Waals surface area contributed by atoms with Gasteiger partial charge in [-0.1, -0.05) is 24.3 Å². The van der Waals surface area contributed by atoms with Crippen molar-refractivity contribution in [3.05, 3.63) is 70.1 Å². The molecule has 0 saturated carbocycles. The molecule has 2 aromatic carbocycles. The molecular weight excluding hydrogens is 322 g/mol. The van der Waals surface area contributed by atoms with E-state index in [-0.39, 0.29) is 5.56 Å². The van der Waals surface area contributed by atoms with E-state index in [1.165, 1.54) is 0 Å². The summed E-state index contributed by atoms with van der Waals surface area (Å²) in [5.74, 6) is -0.957. The Bertz CT molecular complexity index is 972. The molecule has 6 heteroatoms. The zero-order valence-corrected chi connectivity index (χ0v) is 14.1. The van der Waals surface area contributed by atoms with Crippen LogP contribution in [-0.4, -0.2) is 20.7 Å². The lowest BCUT2D eigenvalue weighted by Gasteiger charge is -2.13. The van der Waals surface area contributed by atoms with E-state index in [4.69, 9.17) is 12.2 Å². The predicted octanol–water partition coefficient (Wildman–Crippen LogP) is 4.40. The molecule has 0 aliphatic carbocycles. The van der Waals surface area contributed by atoms with Crippen LogP contribution in [0.25, 0.3) is 11.3 Å². The van der Waals surface area contributed by atoms with Gasteiger partial charge in [-0.2, -0.15) is 0 Å². The third kappa shape index (κ3) is 3.09. The zero-order valence-electron chi connectivity index (χ0n) is 13.3. The Hall–Kier alpha value is -2.86. The Balaban J connectivity index is 2.11. The summed E-state index contributed by atoms with van der Waals surface area (Å²) in [6, 6.07) is 14.8. The molecule has 0 saturated heterocycles. The second-order valence-corrected chi connectivity index (χ2v) is 5.99. The number of imidazole rings is 1. The molecule has 0 bridgehead atoms. The number of aromatic nitrogens is 2. The molecule has 0 aliphatic rings. The lowest BCUT2D eigenvalue weighted by Crippen LogP contribution is -2.11. The van der Waals surface area contributed by atoms with Crippen LogP contribution < -0.4 is 5.43 Å². The minimum Gasteiger partial charge on any atom is -0.478 e. The Morgan fingerprint density at radius 2 is 1.92 bits per heavy atom. The normalized spacial score (nSPS) is 10.6. The fourth-order valence-electron chi connectivity index (χ4n) is 2.64. The van der Waals surface area contributed by atoms with Crippen LogP contribution in [0, 0.1) is 18.6 Å². The van der Waals surface area contributed by atoms with Crippen molar-refractivity contribution in [2.75, 3.05) is 5.43 Å². The lowest BCUT2D eigenvalue weighted by molar-refractivity contribution is 0.0697. The van der Waals surface area contributed by atoms with Crippen molar-refractivity contribution in [1.82, 2.24) is 9.66 Å². The van der Waals surface area contributed by atoms with Gasteiger partial charge < -0.3 is 10.1 Å². The number of rotatable bonds is 4. The van der Waals surface area contributed by atoms with Gasteiger partial charge in [0, 0.05) is 11.3 Å². The molecule has 0 amide bonds. The zero-order chi connectivity index (χ0) is 17.3. The monoisotopic (exact) mass is 339 g/mol. The molecule has 0 atom stereocenters. The molecular formula is C18H17N3O2S. The van der Waals surface area contributed by atoms with Crippen LogP contribution in [0.15, 0.2) is 48.5 Å². The summed E-state index contributed by atoms with van der Waals surface area (Å²) in [5.41, 5.74) is 8.01. The number of hydrogen-bond acceptors (Lipinski definition) is 3. The number of nitrogens with zero attached hydrogens (tertiary/aromatic N) is 1. The van der Waals surface area contributed by atoms with Crippen LogP contribution in [0.4, 0.5) is 5.69 Å². The number of hydrogen-bond donors (Lipinski definition) is 3. The Morgan fingerprint density at radius 3 is 2.62 bits per heavy atom. The van der Waals surface area contributed by atoms with E-state index in [1.807, 2.05) is 44.2 Å². The van der Waals surface area contributed by atoms with Gasteiger partial charge in [0.1, 0.15) is 0 Å². The number of carboxylic acid groups (broad SMARTS) is 1. The standard InChI is InChI=1S/C18H17N3O2S/c1-11-5-3-8-15(9-11)20-21-16(12(2)19-18(21)24)13-6-4-7-14(10-13)17(22)23/h3-10,20H,1-2H3,(H,19,24)(H,22,23). The molecule has 0 aliphatic heterocycles. The quantitative estimate of drug-likeness (QED) is 0.616. The Morgan fingerprint density at radius 1 is 1.17 bits per heavy atom. The van der Waals surface area contributed by atoms with Gasteiger partial charge >= 0.3 is 5.97 Å². The molecule has 0 radical (unpaired) electrons. The average molecular weight is 339 g/mol. The maximum atomic E-state index is 11.2. The van der Waals surface area contributed by atoms with Gasteiger partial charge in [0.05, 0.1) is 16.9 Å². The molecule has 5 nitrogen and oxygen atoms in total. The van der Waals surface area contributed by atoms with Crippen molar-refractivity contribution in [3.8, 4) is 11.3 Å². The van der Waals surface area contributed by atoms with Gasteiger partial charge in [0.2, 0.25) is 0 Å². The molecule has 3 aromatic rings. The average Bonchev–Trinajstić information content (AvgIpc) is 2.81. The van der Waals surface area contributed by atoms with Crippen LogP contribution in [0.2, 0.25) is 0 Å². The van der Waals surface area contributed by atoms with Crippen LogP contribution in [0.1, 0.15) is 21.6 Å². The summed E-state index contributed by atoms with van der Waals surface area (Å²) in [5, 5.41) is 9.21. The lowest BCUT2D eigenvalue weighted by atomic mass is 10.1. The number of carbonyl (C=O) groups is 1. The van der Waals surface area contributed by atoms with Crippen molar-refractivity contribution in [1.29, 1.82) is 0 Å². The number of benzene rings is 2. The number of carboxylic acids is 1. The third-order valence-corrected chi connectivity index (χ3v) is 4.00. The highest BCUT2D eigenvalue weighted by Crippen LogP contribution is 2.25. The molecule has 24 heavy (non-hydrogen) atoms. The first kappa shape index (κ1) is 16.0. The third-order valence-electron chi connectivity index (χ3n) is 3.72. The van der Waals surface area contributed by atoms with E-state index >= 15 is 0 Å². The topological polar surface area (TPSA) is 70.1 Å². The van der Waals surface area contributed by atoms with Crippen LogP contribution in [0.5, 0.6) is 0 Å². The minimum absolute atomic E-state index is 0.237. The maximum absolute atomic E-state index is 11.2.